The summed E-state index contributed by atoms with van der Waals surface area (Å²) in [6, 6.07) is 0. The highest BCUT2D eigenvalue weighted by atomic mass is 16.5. The highest BCUT2D eigenvalue weighted by Crippen LogP contribution is 2.16. The number of aryl methyl sites for hydroxylation is 1. The summed E-state index contributed by atoms with van der Waals surface area (Å²) in [7, 11) is 0. The van der Waals surface area contributed by atoms with Crippen molar-refractivity contribution in [3.8, 4) is 0 Å². The normalized spacial score (nSPS) is 20.7. The zero-order valence-electron chi connectivity index (χ0n) is 9.57. The van der Waals surface area contributed by atoms with Gasteiger partial charge in [0.1, 0.15) is 5.82 Å². The third-order valence-electron chi connectivity index (χ3n) is 2.80. The van der Waals surface area contributed by atoms with E-state index in [9.17, 15) is 0 Å². The van der Waals surface area contributed by atoms with Crippen molar-refractivity contribution in [3.63, 3.8) is 0 Å². The fraction of sp³-hybridized carbons (Fsp3) is 0.636. The van der Waals surface area contributed by atoms with Crippen molar-refractivity contribution in [2.24, 2.45) is 5.92 Å². The van der Waals surface area contributed by atoms with Gasteiger partial charge in [0.25, 0.3) is 0 Å². The minimum absolute atomic E-state index is 0.313. The van der Waals surface area contributed by atoms with Crippen LogP contribution in [0.5, 0.6) is 0 Å². The van der Waals surface area contributed by atoms with E-state index in [1.54, 1.807) is 6.20 Å². The number of hydrogen-bond acceptors (Lipinski definition) is 5. The van der Waals surface area contributed by atoms with E-state index in [0.717, 1.165) is 37.6 Å². The molecule has 0 radical (unpaired) electrons. The average Bonchev–Trinajstić information content (AvgIpc) is 2.32. The molecule has 0 aromatic carbocycles. The fourth-order valence-electron chi connectivity index (χ4n) is 1.84. The average molecular weight is 222 g/mol. The minimum atomic E-state index is 0.313. The van der Waals surface area contributed by atoms with E-state index >= 15 is 0 Å². The van der Waals surface area contributed by atoms with Gasteiger partial charge in [-0.2, -0.15) is 4.98 Å². The Hall–Kier alpha value is -1.36. The van der Waals surface area contributed by atoms with Crippen molar-refractivity contribution in [2.45, 2.75) is 19.8 Å². The first-order valence-corrected chi connectivity index (χ1v) is 5.66. The van der Waals surface area contributed by atoms with E-state index in [1.807, 2.05) is 6.92 Å². The number of ether oxygens (including phenoxy) is 1. The third-order valence-corrected chi connectivity index (χ3v) is 2.80. The van der Waals surface area contributed by atoms with Crippen LogP contribution in [0.3, 0.4) is 0 Å². The van der Waals surface area contributed by atoms with E-state index in [-0.39, 0.29) is 0 Å². The van der Waals surface area contributed by atoms with Gasteiger partial charge in [-0.05, 0) is 25.7 Å². The molecule has 5 heteroatoms. The van der Waals surface area contributed by atoms with Gasteiger partial charge < -0.3 is 15.8 Å². The van der Waals surface area contributed by atoms with E-state index in [4.69, 9.17) is 10.5 Å². The van der Waals surface area contributed by atoms with Gasteiger partial charge in [-0.1, -0.05) is 0 Å². The molecule has 0 saturated carbocycles. The van der Waals surface area contributed by atoms with Crippen LogP contribution in [0.25, 0.3) is 0 Å². The van der Waals surface area contributed by atoms with Crippen LogP contribution in [0.2, 0.25) is 0 Å². The Labute approximate surface area is 95.4 Å². The second kappa shape index (κ2) is 5.12. The minimum Gasteiger partial charge on any atom is -0.381 e. The molecule has 0 bridgehead atoms. The van der Waals surface area contributed by atoms with Gasteiger partial charge in [-0.25, -0.2) is 4.98 Å². The number of rotatable bonds is 3. The van der Waals surface area contributed by atoms with Gasteiger partial charge in [0, 0.05) is 24.9 Å². The van der Waals surface area contributed by atoms with Crippen molar-refractivity contribution in [3.05, 3.63) is 11.8 Å². The Kier molecular flexibility index (Phi) is 3.56. The molecule has 1 aromatic rings. The Balaban J connectivity index is 1.90. The van der Waals surface area contributed by atoms with Crippen LogP contribution in [0.1, 0.15) is 18.4 Å². The first-order chi connectivity index (χ1) is 7.75. The van der Waals surface area contributed by atoms with Gasteiger partial charge in [-0.15, -0.1) is 0 Å². The lowest BCUT2D eigenvalue weighted by atomic mass is 10.0. The topological polar surface area (TPSA) is 73.1 Å². The largest absolute Gasteiger partial charge is 0.381 e. The molecule has 1 atom stereocenters. The van der Waals surface area contributed by atoms with Crippen LogP contribution in [0.15, 0.2) is 6.20 Å². The number of aromatic nitrogens is 2. The van der Waals surface area contributed by atoms with Crippen LogP contribution < -0.4 is 11.1 Å². The van der Waals surface area contributed by atoms with Crippen molar-refractivity contribution in [1.82, 2.24) is 9.97 Å². The standard InChI is InChI=1S/C11H18N4O/c1-8-5-14-11(12)15-10(8)13-6-9-3-2-4-16-7-9/h5,9H,2-4,6-7H2,1H3,(H3,12,13,14,15). The zero-order chi connectivity index (χ0) is 11.4. The summed E-state index contributed by atoms with van der Waals surface area (Å²) in [4.78, 5) is 8.11. The lowest BCUT2D eigenvalue weighted by molar-refractivity contribution is 0.0595. The van der Waals surface area contributed by atoms with Gasteiger partial charge >= 0.3 is 0 Å². The first-order valence-electron chi connectivity index (χ1n) is 5.66. The van der Waals surface area contributed by atoms with Crippen molar-refractivity contribution in [2.75, 3.05) is 30.8 Å². The molecular weight excluding hydrogens is 204 g/mol. The molecular formula is C11H18N4O. The molecule has 5 nitrogen and oxygen atoms in total. The molecule has 0 spiro atoms. The second-order valence-electron chi connectivity index (χ2n) is 4.22. The molecule has 2 heterocycles. The van der Waals surface area contributed by atoms with Crippen molar-refractivity contribution in [1.29, 1.82) is 0 Å². The highest BCUT2D eigenvalue weighted by molar-refractivity contribution is 5.45. The molecule has 2 rings (SSSR count). The lowest BCUT2D eigenvalue weighted by Crippen LogP contribution is -2.25. The molecule has 1 aliphatic rings. The first kappa shape index (κ1) is 11.1. The van der Waals surface area contributed by atoms with Crippen LogP contribution in [0, 0.1) is 12.8 Å². The lowest BCUT2D eigenvalue weighted by Gasteiger charge is -2.22. The summed E-state index contributed by atoms with van der Waals surface area (Å²) in [5.41, 5.74) is 6.57. The summed E-state index contributed by atoms with van der Waals surface area (Å²) in [6.07, 6.45) is 4.10. The predicted octanol–water partition coefficient (Wildman–Crippen LogP) is 1.21. The van der Waals surface area contributed by atoms with E-state index in [2.05, 4.69) is 15.3 Å². The van der Waals surface area contributed by atoms with Gasteiger partial charge in [0.15, 0.2) is 0 Å². The van der Waals surface area contributed by atoms with Crippen LogP contribution in [-0.4, -0.2) is 29.7 Å². The molecule has 0 aliphatic carbocycles. The van der Waals surface area contributed by atoms with E-state index in [0.29, 0.717) is 11.9 Å². The SMILES string of the molecule is Cc1cnc(N)nc1NCC1CCCOC1. The molecule has 1 unspecified atom stereocenters. The maximum absolute atomic E-state index is 5.55. The number of hydrogen-bond donors (Lipinski definition) is 2. The number of nitrogens with one attached hydrogen (secondary N) is 1. The van der Waals surface area contributed by atoms with E-state index in [1.165, 1.54) is 6.42 Å². The smallest absolute Gasteiger partial charge is 0.221 e. The molecule has 88 valence electrons. The van der Waals surface area contributed by atoms with Gasteiger partial charge in [0.2, 0.25) is 5.95 Å². The molecule has 3 N–H and O–H groups in total. The fourth-order valence-corrected chi connectivity index (χ4v) is 1.84. The molecule has 1 aliphatic heterocycles. The number of nitrogens with zero attached hydrogens (tertiary/aromatic N) is 2. The van der Waals surface area contributed by atoms with Gasteiger partial charge in [0.05, 0.1) is 6.61 Å². The Bertz CT molecular complexity index is 350. The maximum atomic E-state index is 5.55. The summed E-state index contributed by atoms with van der Waals surface area (Å²) >= 11 is 0. The number of anilines is 2. The summed E-state index contributed by atoms with van der Waals surface area (Å²) in [5, 5.41) is 3.31. The summed E-state index contributed by atoms with van der Waals surface area (Å²) < 4.78 is 5.43. The molecule has 16 heavy (non-hydrogen) atoms. The number of nitrogens with two attached hydrogens (primary N) is 1. The quantitative estimate of drug-likeness (QED) is 0.804. The molecule has 1 saturated heterocycles. The predicted molar refractivity (Wildman–Crippen MR) is 63.2 cm³/mol. The monoisotopic (exact) mass is 222 g/mol. The van der Waals surface area contributed by atoms with Crippen LogP contribution in [0.4, 0.5) is 11.8 Å². The highest BCUT2D eigenvalue weighted by Gasteiger charge is 2.14. The number of nitrogen functional groups attached to an aromatic ring is 1. The third kappa shape index (κ3) is 2.82. The summed E-state index contributed by atoms with van der Waals surface area (Å²) in [6.45, 7) is 4.60. The van der Waals surface area contributed by atoms with Crippen LogP contribution >= 0.6 is 0 Å². The zero-order valence-corrected chi connectivity index (χ0v) is 9.57. The molecule has 1 fully saturated rings. The van der Waals surface area contributed by atoms with E-state index < -0.39 is 0 Å². The summed E-state index contributed by atoms with van der Waals surface area (Å²) in [5.74, 6) is 1.72. The van der Waals surface area contributed by atoms with Crippen molar-refractivity contribution >= 4 is 11.8 Å². The second-order valence-corrected chi connectivity index (χ2v) is 4.22. The van der Waals surface area contributed by atoms with Crippen molar-refractivity contribution < 1.29 is 4.74 Å². The Morgan fingerprint density at radius 3 is 3.25 bits per heavy atom. The maximum Gasteiger partial charge on any atom is 0.221 e. The molecule has 1 aromatic heterocycles. The Morgan fingerprint density at radius 2 is 2.50 bits per heavy atom. The molecule has 0 amide bonds. The van der Waals surface area contributed by atoms with Gasteiger partial charge in [-0.3, -0.25) is 0 Å². The Morgan fingerprint density at radius 1 is 1.62 bits per heavy atom. The van der Waals surface area contributed by atoms with Crippen LogP contribution in [-0.2, 0) is 4.74 Å².